The maximum atomic E-state index is 5.61. The van der Waals surface area contributed by atoms with E-state index in [4.69, 9.17) is 5.73 Å². The van der Waals surface area contributed by atoms with Crippen molar-refractivity contribution in [1.29, 1.82) is 0 Å². The highest BCUT2D eigenvalue weighted by Gasteiger charge is 2.06. The monoisotopic (exact) mass is 234 g/mol. The molecule has 2 aromatic heterocycles. The van der Waals surface area contributed by atoms with Gasteiger partial charge in [0.1, 0.15) is 12.7 Å². The molecule has 8 nitrogen and oxygen atoms in total. The molecule has 2 aromatic rings. The lowest BCUT2D eigenvalue weighted by Gasteiger charge is -2.08. The molecular formula is C9H14N8. The summed E-state index contributed by atoms with van der Waals surface area (Å²) in [4.78, 5) is 16.0. The Kier molecular flexibility index (Phi) is 3.12. The average Bonchev–Trinajstić information content (AvgIpc) is 2.79. The van der Waals surface area contributed by atoms with Crippen LogP contribution in [0.5, 0.6) is 0 Å². The van der Waals surface area contributed by atoms with Crippen LogP contribution in [0.2, 0.25) is 0 Å². The van der Waals surface area contributed by atoms with Crippen LogP contribution in [0.25, 0.3) is 5.95 Å². The van der Waals surface area contributed by atoms with Crippen molar-refractivity contribution < 1.29 is 0 Å². The summed E-state index contributed by atoms with van der Waals surface area (Å²) in [5, 5.41) is 7.02. The fourth-order valence-corrected chi connectivity index (χ4v) is 1.17. The summed E-state index contributed by atoms with van der Waals surface area (Å²) in [7, 11) is 0. The third-order valence-electron chi connectivity index (χ3n) is 1.93. The van der Waals surface area contributed by atoms with Crippen molar-refractivity contribution in [2.45, 2.75) is 13.8 Å². The second kappa shape index (κ2) is 4.73. The lowest BCUT2D eigenvalue weighted by molar-refractivity contribution is 0.682. The van der Waals surface area contributed by atoms with E-state index >= 15 is 0 Å². The minimum atomic E-state index is 0.150. The highest BCUT2D eigenvalue weighted by Crippen LogP contribution is 2.06. The molecule has 0 saturated carbocycles. The number of nitrogens with one attached hydrogen (secondary N) is 1. The summed E-state index contributed by atoms with van der Waals surface area (Å²) in [6.07, 6.45) is 2.90. The lowest BCUT2D eigenvalue weighted by Crippen LogP contribution is -2.14. The summed E-state index contributed by atoms with van der Waals surface area (Å²) in [5.74, 6) is 1.43. The smallest absolute Gasteiger partial charge is 0.258 e. The number of aromatic nitrogens is 6. The zero-order valence-corrected chi connectivity index (χ0v) is 9.70. The van der Waals surface area contributed by atoms with E-state index < -0.39 is 0 Å². The quantitative estimate of drug-likeness (QED) is 0.772. The molecule has 0 fully saturated rings. The number of hydrogen-bond acceptors (Lipinski definition) is 7. The van der Waals surface area contributed by atoms with Crippen LogP contribution < -0.4 is 11.1 Å². The summed E-state index contributed by atoms with van der Waals surface area (Å²) in [6, 6.07) is 0. The van der Waals surface area contributed by atoms with Crippen molar-refractivity contribution >= 4 is 11.9 Å². The molecule has 0 atom stereocenters. The van der Waals surface area contributed by atoms with Crippen molar-refractivity contribution in [3.8, 4) is 5.95 Å². The van der Waals surface area contributed by atoms with Crippen LogP contribution in [0.1, 0.15) is 13.8 Å². The Labute approximate surface area is 98.3 Å². The first kappa shape index (κ1) is 11.2. The molecule has 17 heavy (non-hydrogen) atoms. The Hall–Kier alpha value is -2.25. The van der Waals surface area contributed by atoms with Gasteiger partial charge < -0.3 is 11.1 Å². The highest BCUT2D eigenvalue weighted by molar-refractivity contribution is 5.34. The van der Waals surface area contributed by atoms with Crippen molar-refractivity contribution in [2.75, 3.05) is 17.6 Å². The summed E-state index contributed by atoms with van der Waals surface area (Å²) < 4.78 is 1.43. The van der Waals surface area contributed by atoms with Crippen molar-refractivity contribution in [3.05, 3.63) is 12.7 Å². The van der Waals surface area contributed by atoms with E-state index in [2.05, 4.69) is 44.2 Å². The molecule has 0 unspecified atom stereocenters. The maximum Gasteiger partial charge on any atom is 0.258 e. The fraction of sp³-hybridized carbons (Fsp3) is 0.444. The topological polar surface area (TPSA) is 107 Å². The third-order valence-corrected chi connectivity index (χ3v) is 1.93. The molecule has 0 aliphatic heterocycles. The number of nitrogens with two attached hydrogens (primary N) is 1. The molecule has 0 aromatic carbocycles. The summed E-state index contributed by atoms with van der Waals surface area (Å²) in [6.45, 7) is 4.95. The minimum Gasteiger partial charge on any atom is -0.368 e. The molecule has 0 radical (unpaired) electrons. The van der Waals surface area contributed by atoms with Crippen molar-refractivity contribution in [3.63, 3.8) is 0 Å². The molecule has 0 aliphatic rings. The predicted octanol–water partition coefficient (Wildman–Crippen LogP) is 0.102. The molecule has 0 spiro atoms. The van der Waals surface area contributed by atoms with Gasteiger partial charge in [-0.2, -0.15) is 24.7 Å². The second-order valence-corrected chi connectivity index (χ2v) is 3.93. The first-order valence-corrected chi connectivity index (χ1v) is 5.25. The van der Waals surface area contributed by atoms with E-state index in [9.17, 15) is 0 Å². The molecule has 0 bridgehead atoms. The summed E-state index contributed by atoms with van der Waals surface area (Å²) in [5.41, 5.74) is 5.61. The molecule has 0 amide bonds. The molecular weight excluding hydrogens is 220 g/mol. The second-order valence-electron chi connectivity index (χ2n) is 3.93. The minimum absolute atomic E-state index is 0.150. The molecule has 3 N–H and O–H groups in total. The van der Waals surface area contributed by atoms with Gasteiger partial charge in [-0.25, -0.2) is 4.98 Å². The van der Waals surface area contributed by atoms with Crippen LogP contribution in [0, 0.1) is 5.92 Å². The van der Waals surface area contributed by atoms with E-state index in [0.717, 1.165) is 6.54 Å². The number of hydrogen-bond donors (Lipinski definition) is 2. The van der Waals surface area contributed by atoms with E-state index in [1.165, 1.54) is 17.3 Å². The highest BCUT2D eigenvalue weighted by atomic mass is 15.4. The molecule has 8 heteroatoms. The molecule has 90 valence electrons. The van der Waals surface area contributed by atoms with Crippen molar-refractivity contribution in [2.24, 2.45) is 5.92 Å². The van der Waals surface area contributed by atoms with Gasteiger partial charge in [-0.15, -0.1) is 0 Å². The standard InChI is InChI=1S/C9H14N8/c1-6(2)3-12-8-14-7(10)15-9(16-8)17-5-11-4-13-17/h4-6H,3H2,1-2H3,(H3,10,12,14,15,16). The van der Waals surface area contributed by atoms with Crippen LogP contribution >= 0.6 is 0 Å². The van der Waals surface area contributed by atoms with Gasteiger partial charge in [0.15, 0.2) is 0 Å². The molecule has 2 rings (SSSR count). The van der Waals surface area contributed by atoms with Crippen LogP contribution in [-0.2, 0) is 0 Å². The molecule has 2 heterocycles. The van der Waals surface area contributed by atoms with E-state index in [0.29, 0.717) is 17.8 Å². The third kappa shape index (κ3) is 2.86. The maximum absolute atomic E-state index is 5.61. The zero-order chi connectivity index (χ0) is 12.3. The Morgan fingerprint density at radius 2 is 2.18 bits per heavy atom. The van der Waals surface area contributed by atoms with Gasteiger partial charge in [-0.3, -0.25) is 0 Å². The van der Waals surface area contributed by atoms with Gasteiger partial charge in [0.25, 0.3) is 5.95 Å². The fourth-order valence-electron chi connectivity index (χ4n) is 1.17. The Balaban J connectivity index is 2.24. The number of rotatable bonds is 4. The number of nitrogens with zero attached hydrogens (tertiary/aromatic N) is 6. The number of nitrogen functional groups attached to an aromatic ring is 1. The first-order chi connectivity index (χ1) is 8.15. The van der Waals surface area contributed by atoms with Gasteiger partial charge in [0, 0.05) is 6.54 Å². The van der Waals surface area contributed by atoms with Gasteiger partial charge in [0.05, 0.1) is 0 Å². The Morgan fingerprint density at radius 3 is 2.82 bits per heavy atom. The zero-order valence-electron chi connectivity index (χ0n) is 9.70. The van der Waals surface area contributed by atoms with Crippen LogP contribution in [-0.4, -0.2) is 36.3 Å². The Morgan fingerprint density at radius 1 is 1.35 bits per heavy atom. The first-order valence-electron chi connectivity index (χ1n) is 5.25. The van der Waals surface area contributed by atoms with Crippen LogP contribution in [0.4, 0.5) is 11.9 Å². The molecule has 0 aliphatic carbocycles. The van der Waals surface area contributed by atoms with Crippen molar-refractivity contribution in [1.82, 2.24) is 29.7 Å². The largest absolute Gasteiger partial charge is 0.368 e. The SMILES string of the molecule is CC(C)CNc1nc(N)nc(-n2cncn2)n1. The molecule has 0 saturated heterocycles. The average molecular weight is 234 g/mol. The van der Waals surface area contributed by atoms with E-state index in [-0.39, 0.29) is 5.95 Å². The van der Waals surface area contributed by atoms with Gasteiger partial charge in [-0.1, -0.05) is 13.8 Å². The van der Waals surface area contributed by atoms with Gasteiger partial charge >= 0.3 is 0 Å². The van der Waals surface area contributed by atoms with Crippen LogP contribution in [0.3, 0.4) is 0 Å². The van der Waals surface area contributed by atoms with E-state index in [1.807, 2.05) is 0 Å². The van der Waals surface area contributed by atoms with Crippen LogP contribution in [0.15, 0.2) is 12.7 Å². The van der Waals surface area contributed by atoms with E-state index in [1.54, 1.807) is 0 Å². The predicted molar refractivity (Wildman–Crippen MR) is 62.5 cm³/mol. The van der Waals surface area contributed by atoms with Gasteiger partial charge in [-0.05, 0) is 5.92 Å². The lowest BCUT2D eigenvalue weighted by atomic mass is 10.2. The Bertz CT molecular complexity index is 478. The summed E-state index contributed by atoms with van der Waals surface area (Å²) >= 11 is 0. The number of anilines is 2. The van der Waals surface area contributed by atoms with Gasteiger partial charge in [0.2, 0.25) is 11.9 Å². The normalized spacial score (nSPS) is 10.8.